The van der Waals surface area contributed by atoms with Gasteiger partial charge in [-0.05, 0) is 42.8 Å². The molecule has 0 N–H and O–H groups in total. The van der Waals surface area contributed by atoms with Crippen molar-refractivity contribution < 1.29 is 4.79 Å². The minimum absolute atomic E-state index is 0.0579. The Balaban J connectivity index is 1.94. The standard InChI is InChI=1S/C17H15ClN2O/c1-11-9-12(18)7-8-13(11)16(21)10-17-19-14-5-3-4-6-15(14)20(17)2/h3-9H,10H2,1-2H3. The highest BCUT2D eigenvalue weighted by molar-refractivity contribution is 6.30. The zero-order chi connectivity index (χ0) is 15.0. The Bertz CT molecular complexity index is 836. The number of para-hydroxylation sites is 2. The van der Waals surface area contributed by atoms with Gasteiger partial charge in [0.2, 0.25) is 0 Å². The number of fused-ring (bicyclic) bond motifs is 1. The molecule has 0 fully saturated rings. The largest absolute Gasteiger partial charge is 0.331 e. The number of hydrogen-bond donors (Lipinski definition) is 0. The highest BCUT2D eigenvalue weighted by Gasteiger charge is 2.15. The van der Waals surface area contributed by atoms with Gasteiger partial charge in [-0.2, -0.15) is 0 Å². The smallest absolute Gasteiger partial charge is 0.170 e. The summed E-state index contributed by atoms with van der Waals surface area (Å²) in [5.74, 6) is 0.832. The Kier molecular flexibility index (Phi) is 3.52. The second kappa shape index (κ2) is 5.34. The second-order valence-corrected chi connectivity index (χ2v) is 5.57. The van der Waals surface area contributed by atoms with Crippen LogP contribution < -0.4 is 0 Å². The normalized spacial score (nSPS) is 11.0. The first-order chi connectivity index (χ1) is 10.1. The minimum atomic E-state index is 0.0579. The molecule has 0 saturated carbocycles. The van der Waals surface area contributed by atoms with E-state index in [2.05, 4.69) is 4.98 Å². The summed E-state index contributed by atoms with van der Waals surface area (Å²) in [7, 11) is 1.94. The van der Waals surface area contributed by atoms with Crippen LogP contribution in [-0.2, 0) is 13.5 Å². The predicted octanol–water partition coefficient (Wildman–Crippen LogP) is 3.96. The lowest BCUT2D eigenvalue weighted by Crippen LogP contribution is -2.09. The van der Waals surface area contributed by atoms with Crippen molar-refractivity contribution in [3.05, 3.63) is 64.4 Å². The maximum atomic E-state index is 12.5. The molecule has 0 aliphatic rings. The van der Waals surface area contributed by atoms with Crippen molar-refractivity contribution in [2.45, 2.75) is 13.3 Å². The van der Waals surface area contributed by atoms with Gasteiger partial charge in [-0.1, -0.05) is 23.7 Å². The third kappa shape index (κ3) is 2.57. The first kappa shape index (κ1) is 13.8. The Hall–Kier alpha value is -2.13. The highest BCUT2D eigenvalue weighted by atomic mass is 35.5. The molecule has 0 saturated heterocycles. The molecule has 0 bridgehead atoms. The molecular formula is C17H15ClN2O. The number of hydrogen-bond acceptors (Lipinski definition) is 2. The van der Waals surface area contributed by atoms with Gasteiger partial charge in [-0.25, -0.2) is 4.98 Å². The quantitative estimate of drug-likeness (QED) is 0.686. The molecular weight excluding hydrogens is 284 g/mol. The summed E-state index contributed by atoms with van der Waals surface area (Å²) < 4.78 is 1.97. The molecule has 0 atom stereocenters. The molecule has 4 heteroatoms. The number of ketones is 1. The van der Waals surface area contributed by atoms with Crippen molar-refractivity contribution in [3.63, 3.8) is 0 Å². The number of carbonyl (C=O) groups excluding carboxylic acids is 1. The van der Waals surface area contributed by atoms with Gasteiger partial charge >= 0.3 is 0 Å². The van der Waals surface area contributed by atoms with E-state index in [0.717, 1.165) is 22.4 Å². The number of imidazole rings is 1. The predicted molar refractivity (Wildman–Crippen MR) is 84.9 cm³/mol. The highest BCUT2D eigenvalue weighted by Crippen LogP contribution is 2.19. The van der Waals surface area contributed by atoms with Crippen LogP contribution >= 0.6 is 11.6 Å². The van der Waals surface area contributed by atoms with Gasteiger partial charge in [0.1, 0.15) is 5.82 Å². The van der Waals surface area contributed by atoms with Gasteiger partial charge in [0.05, 0.1) is 17.5 Å². The van der Waals surface area contributed by atoms with E-state index in [9.17, 15) is 4.79 Å². The van der Waals surface area contributed by atoms with E-state index in [1.807, 2.05) is 48.9 Å². The van der Waals surface area contributed by atoms with Gasteiger partial charge < -0.3 is 4.57 Å². The zero-order valence-electron chi connectivity index (χ0n) is 11.9. The van der Waals surface area contributed by atoms with Crippen molar-refractivity contribution in [2.24, 2.45) is 7.05 Å². The third-order valence-corrected chi connectivity index (χ3v) is 3.92. The Morgan fingerprint density at radius 1 is 1.24 bits per heavy atom. The number of aromatic nitrogens is 2. The number of Topliss-reactive ketones (excluding diaryl/α,β-unsaturated/α-hetero) is 1. The van der Waals surface area contributed by atoms with Crippen LogP contribution in [0.25, 0.3) is 11.0 Å². The number of aryl methyl sites for hydroxylation is 2. The van der Waals surface area contributed by atoms with Crippen LogP contribution in [0.15, 0.2) is 42.5 Å². The van der Waals surface area contributed by atoms with Gasteiger partial charge in [-0.3, -0.25) is 4.79 Å². The average molecular weight is 299 g/mol. The van der Waals surface area contributed by atoms with Crippen molar-refractivity contribution in [1.29, 1.82) is 0 Å². The molecule has 106 valence electrons. The van der Waals surface area contributed by atoms with Crippen molar-refractivity contribution in [1.82, 2.24) is 9.55 Å². The third-order valence-electron chi connectivity index (χ3n) is 3.69. The average Bonchev–Trinajstić information content (AvgIpc) is 2.76. The molecule has 0 radical (unpaired) electrons. The van der Waals surface area contributed by atoms with Gasteiger partial charge in [0.15, 0.2) is 5.78 Å². The number of benzene rings is 2. The summed E-state index contributed by atoms with van der Waals surface area (Å²) >= 11 is 5.93. The molecule has 3 rings (SSSR count). The van der Waals surface area contributed by atoms with Gasteiger partial charge in [0, 0.05) is 17.6 Å². The molecule has 0 aliphatic carbocycles. The summed E-state index contributed by atoms with van der Waals surface area (Å²) in [6.07, 6.45) is 0.285. The van der Waals surface area contributed by atoms with Crippen molar-refractivity contribution in [2.75, 3.05) is 0 Å². The maximum absolute atomic E-state index is 12.5. The maximum Gasteiger partial charge on any atom is 0.170 e. The number of halogens is 1. The van der Waals surface area contributed by atoms with E-state index in [1.54, 1.807) is 12.1 Å². The Morgan fingerprint density at radius 3 is 2.71 bits per heavy atom. The molecule has 1 heterocycles. The fourth-order valence-electron chi connectivity index (χ4n) is 2.53. The summed E-state index contributed by atoms with van der Waals surface area (Å²) in [4.78, 5) is 17.0. The van der Waals surface area contributed by atoms with Crippen LogP contribution in [0, 0.1) is 6.92 Å². The summed E-state index contributed by atoms with van der Waals surface area (Å²) in [5.41, 5.74) is 3.54. The zero-order valence-corrected chi connectivity index (χ0v) is 12.7. The Morgan fingerprint density at radius 2 is 2.00 bits per heavy atom. The van der Waals surface area contributed by atoms with Gasteiger partial charge in [0.25, 0.3) is 0 Å². The van der Waals surface area contributed by atoms with Crippen LogP contribution in [-0.4, -0.2) is 15.3 Å². The lowest BCUT2D eigenvalue weighted by Gasteiger charge is -2.06. The number of rotatable bonds is 3. The molecule has 2 aromatic carbocycles. The van der Waals surface area contributed by atoms with Crippen LogP contribution in [0.4, 0.5) is 0 Å². The molecule has 0 amide bonds. The van der Waals surface area contributed by atoms with E-state index in [1.165, 1.54) is 0 Å². The number of carbonyl (C=O) groups is 1. The first-order valence-electron chi connectivity index (χ1n) is 6.76. The molecule has 3 aromatic rings. The Labute approximate surface area is 128 Å². The van der Waals surface area contributed by atoms with Crippen LogP contribution in [0.5, 0.6) is 0 Å². The fraction of sp³-hybridized carbons (Fsp3) is 0.176. The van der Waals surface area contributed by atoms with Crippen molar-refractivity contribution >= 4 is 28.4 Å². The fourth-order valence-corrected chi connectivity index (χ4v) is 2.76. The van der Waals surface area contributed by atoms with Crippen LogP contribution in [0.2, 0.25) is 5.02 Å². The van der Waals surface area contributed by atoms with E-state index in [0.29, 0.717) is 10.6 Å². The SMILES string of the molecule is Cc1cc(Cl)ccc1C(=O)Cc1nc2ccccc2n1C. The van der Waals surface area contributed by atoms with Crippen LogP contribution in [0.1, 0.15) is 21.7 Å². The monoisotopic (exact) mass is 298 g/mol. The van der Waals surface area contributed by atoms with E-state index in [-0.39, 0.29) is 12.2 Å². The van der Waals surface area contributed by atoms with Crippen LogP contribution in [0.3, 0.4) is 0 Å². The molecule has 1 aromatic heterocycles. The molecule has 0 unspecified atom stereocenters. The minimum Gasteiger partial charge on any atom is -0.331 e. The lowest BCUT2D eigenvalue weighted by molar-refractivity contribution is 0.0989. The molecule has 3 nitrogen and oxygen atoms in total. The first-order valence-corrected chi connectivity index (χ1v) is 7.14. The molecule has 0 spiro atoms. The van der Waals surface area contributed by atoms with E-state index < -0.39 is 0 Å². The number of nitrogens with zero attached hydrogens (tertiary/aromatic N) is 2. The topological polar surface area (TPSA) is 34.9 Å². The summed E-state index contributed by atoms with van der Waals surface area (Å²) in [6, 6.07) is 13.2. The summed E-state index contributed by atoms with van der Waals surface area (Å²) in [6.45, 7) is 1.90. The van der Waals surface area contributed by atoms with Gasteiger partial charge in [-0.15, -0.1) is 0 Å². The second-order valence-electron chi connectivity index (χ2n) is 5.13. The lowest BCUT2D eigenvalue weighted by atomic mass is 10.0. The van der Waals surface area contributed by atoms with E-state index in [4.69, 9.17) is 11.6 Å². The van der Waals surface area contributed by atoms with E-state index >= 15 is 0 Å². The molecule has 21 heavy (non-hydrogen) atoms. The summed E-state index contributed by atoms with van der Waals surface area (Å²) in [5, 5.41) is 0.645. The molecule has 0 aliphatic heterocycles. The van der Waals surface area contributed by atoms with Crippen molar-refractivity contribution in [3.8, 4) is 0 Å².